The van der Waals surface area contributed by atoms with Crippen molar-refractivity contribution in [1.29, 1.82) is 0 Å². The number of aliphatic carboxylic acids is 1. The Labute approximate surface area is 288 Å². The summed E-state index contributed by atoms with van der Waals surface area (Å²) in [6, 6.07) is 4.21. The van der Waals surface area contributed by atoms with Gasteiger partial charge >= 0.3 is 5.97 Å². The van der Waals surface area contributed by atoms with Gasteiger partial charge in [0.05, 0.1) is 11.0 Å². The van der Waals surface area contributed by atoms with E-state index in [1.54, 1.807) is 0 Å². The molecule has 1 N–H and O–H groups in total. The third-order valence-corrected chi connectivity index (χ3v) is 4.82. The average molecular weight is 568 g/mol. The monoisotopic (exact) mass is 566 g/mol. The third kappa shape index (κ3) is 5.04. The topological polar surface area (TPSA) is 58.4 Å². The number of fused-ring (bicyclic) bond motifs is 1. The molecule has 26 heavy (non-hydrogen) atoms. The number of hydrogen-bond acceptors (Lipinski definition) is 3. The molecule has 2 unspecified atom stereocenters. The molecular weight excluding hydrogens is 373 g/mol. The molecule has 0 aliphatic carbocycles. The van der Waals surface area contributed by atoms with Crippen LogP contribution in [-0.4, -0.2) is 45.0 Å². The number of anilines is 1. The Balaban J connectivity index is -0.00000000110. The molecule has 0 saturated heterocycles. The molecule has 1 aromatic carbocycles. The van der Waals surface area contributed by atoms with E-state index in [2.05, 4.69) is 28.5 Å². The van der Waals surface area contributed by atoms with E-state index in [4.69, 9.17) is 33.3 Å². The van der Waals surface area contributed by atoms with Crippen molar-refractivity contribution in [2.24, 2.45) is 13.0 Å². The molecule has 1 aromatic heterocycles. The number of aromatic nitrogens is 2. The van der Waals surface area contributed by atoms with Gasteiger partial charge in [0.15, 0.2) is 0 Å². The van der Waals surface area contributed by atoms with Gasteiger partial charge in [0.2, 0.25) is 0 Å². The predicted molar refractivity (Wildman–Crippen MR) is 284 cm³/mol. The molecule has 0 aliphatic heterocycles. The minimum absolute atomic E-state index is 0. The maximum absolute atomic E-state index is 10.9. The highest BCUT2D eigenvalue weighted by Crippen LogP contribution is 2.28. The number of carboxylic acid groups (broad SMARTS) is 1. The van der Waals surface area contributed by atoms with Crippen LogP contribution in [-0.2, 0) is 18.3 Å². The summed E-state index contributed by atoms with van der Waals surface area (Å²) in [5.41, 5.74) is 4.20. The van der Waals surface area contributed by atoms with E-state index in [0.717, 1.165) is 41.2 Å². The number of nitrogens with zero attached hydrogens (tertiary/aromatic N) is 3. The normalized spacial score (nSPS) is 13.8. The lowest BCUT2D eigenvalue weighted by Gasteiger charge is -2.26. The van der Waals surface area contributed by atoms with Crippen LogP contribution in [0.2, 0.25) is 0 Å². The lowest BCUT2D eigenvalue weighted by molar-refractivity contribution is -0.137. The van der Waals surface area contributed by atoms with Gasteiger partial charge < -0.3 is 14.6 Å². The van der Waals surface area contributed by atoms with Crippen LogP contribution in [0.3, 0.4) is 0 Å². The Bertz CT molecular complexity index is 860. The van der Waals surface area contributed by atoms with Crippen LogP contribution in [0.25, 0.3) is 11.0 Å². The van der Waals surface area contributed by atoms with Gasteiger partial charge in [-0.15, -0.1) is 23.2 Å². The molecule has 0 amide bonds. The third-order valence-electron chi connectivity index (χ3n) is 4.51. The van der Waals surface area contributed by atoms with Crippen molar-refractivity contribution in [3.05, 3.63) is 23.5 Å². The molecule has 0 aliphatic rings. The molecule has 0 saturated carbocycles. The quantitative estimate of drug-likeness (QED) is 0.306. The Morgan fingerprint density at radius 3 is 2.69 bits per heavy atom. The zero-order chi connectivity index (χ0) is 19.4. The number of benzene rings is 1. The number of halogens is 2. The number of carbonyl (C=O) groups is 1. The smallest absolute Gasteiger partial charge is 0.303 e. The SMILES string of the molecule is Cc1cc2c(cc1N(CCCl)CC(C)Cl)nc(CC(C)CC(=O)O)n2C.[HH].[HH].[HH].[HH].[HH].[HH].[HH].[HH].[HH].[HH].[HH].[HH].[HH].[HH].[HH].[HH].[HH].[HH].[HH].[HH].[HH].[HH].[HH].[HH].[HH].[HH].[HH].[HH].[HH].[HH].[HH].[HH].[HH].[HH].[HH].[HH].[HH].[HH].[HH].[HH].[HH].[HH].[HH].[HH].[HH].[HH].[HH].[HH].[HH].[HH].[HH].[HH].[HH].[HH].[HH].[HH].[HH].[HH].[HH].[HH].[HH].[HH].[HH].[HH].[HH].[HH].[HH].[HH].[HH].[HH].[HH].[HH].[HH].[HH].[HH].[HH].[HH].[HH].[HH].[HH].[HH].[HH].[HH]. The molecular formula is C19H193Cl2N3O2. The number of alkyl halides is 2. The Hall–Kier alpha value is -1.46. The predicted octanol–water partition coefficient (Wildman–Crippen LogP) is 24.6. The second-order valence-electron chi connectivity index (χ2n) is 7.04. The molecule has 1 heterocycles. The first-order valence-electron chi connectivity index (χ1n) is 8.85. The molecule has 0 radical (unpaired) electrons. The Morgan fingerprint density at radius 2 is 2.12 bits per heavy atom. The van der Waals surface area contributed by atoms with Gasteiger partial charge in [-0.25, -0.2) is 4.98 Å². The lowest BCUT2D eigenvalue weighted by atomic mass is 10.0. The second-order valence-corrected chi connectivity index (χ2v) is 8.16. The van der Waals surface area contributed by atoms with E-state index in [9.17, 15) is 4.79 Å². The van der Waals surface area contributed by atoms with Gasteiger partial charge in [-0.2, -0.15) is 0 Å². The Kier molecular flexibility index (Phi) is 7.18. The van der Waals surface area contributed by atoms with Crippen LogP contribution in [0.15, 0.2) is 12.1 Å². The van der Waals surface area contributed by atoms with Crippen LogP contribution >= 0.6 is 23.2 Å². The molecule has 7 heteroatoms. The molecule has 0 bridgehead atoms. The van der Waals surface area contributed by atoms with Gasteiger partial charge in [-0.05, 0) is 37.5 Å². The van der Waals surface area contributed by atoms with Crippen LogP contribution in [0.4, 0.5) is 5.69 Å². The number of hydrogen-bond donors (Lipinski definition) is 1. The van der Waals surface area contributed by atoms with Gasteiger partial charge in [0, 0.05) is 168 Å². The van der Waals surface area contributed by atoms with E-state index in [0.29, 0.717) is 12.3 Å². The van der Waals surface area contributed by atoms with Crippen molar-refractivity contribution in [1.82, 2.24) is 9.55 Å². The summed E-state index contributed by atoms with van der Waals surface area (Å²) in [5.74, 6) is 0.691. The fraction of sp³-hybridized carbons (Fsp3) is 0.579. The van der Waals surface area contributed by atoms with Crippen LogP contribution in [0, 0.1) is 12.8 Å². The molecule has 0 fully saturated rings. The molecule has 2 aromatic rings. The van der Waals surface area contributed by atoms with E-state index in [1.807, 2.05) is 20.9 Å². The minimum Gasteiger partial charge on any atom is -0.481 e. The summed E-state index contributed by atoms with van der Waals surface area (Å²) in [7, 11) is 1.98. The molecule has 5 nitrogen and oxygen atoms in total. The first kappa shape index (κ1) is 20.8. The summed E-state index contributed by atoms with van der Waals surface area (Å²) < 4.78 is 2.06. The van der Waals surface area contributed by atoms with E-state index < -0.39 is 5.97 Å². The molecule has 0 spiro atoms. The summed E-state index contributed by atoms with van der Waals surface area (Å²) in [5, 5.41) is 8.99. The van der Waals surface area contributed by atoms with Gasteiger partial charge in [-0.3, -0.25) is 4.79 Å². The van der Waals surface area contributed by atoms with Gasteiger partial charge in [0.1, 0.15) is 5.82 Å². The number of imidazole rings is 1. The zero-order valence-corrected chi connectivity index (χ0v) is 17.3. The first-order chi connectivity index (χ1) is 12.2. The van der Waals surface area contributed by atoms with E-state index in [-0.39, 0.29) is 136 Å². The first-order valence-corrected chi connectivity index (χ1v) is 9.82. The Morgan fingerprint density at radius 1 is 1.42 bits per heavy atom. The number of aryl methyl sites for hydroxylation is 2. The summed E-state index contributed by atoms with van der Waals surface area (Å²) in [4.78, 5) is 17.9. The van der Waals surface area contributed by atoms with Crippen molar-refractivity contribution in [3.63, 3.8) is 0 Å². The summed E-state index contributed by atoms with van der Waals surface area (Å²) in [6.07, 6.45) is 0.778. The molecule has 2 rings (SSSR count). The summed E-state index contributed by atoms with van der Waals surface area (Å²) >= 11 is 12.2. The lowest BCUT2D eigenvalue weighted by Crippen LogP contribution is -2.31. The van der Waals surface area contributed by atoms with Crippen molar-refractivity contribution in [2.75, 3.05) is 23.9 Å². The maximum atomic E-state index is 10.9. The molecule has 310 valence electrons. The second kappa shape index (κ2) is 8.96. The standard InChI is InChI=1S/C19H27Cl2N3O2.83H2/c1-12(8-19(25)26)7-18-22-15-10-16(13(2)9-17(15)23(18)4)24(6-5-20)11-14(3)21;;;;;;;;;;;;;;;;;;;;;;;;;;;;;;;;;;;;;;;;;;;;;;;;;;;;;;;;;;;;;;;;;;;;;;;;;;;;;;;;;;;/h9-10,12,14H,5-8,11H2,1-4H3,(H,25,26);83*1H. The van der Waals surface area contributed by atoms with E-state index >= 15 is 0 Å². The zero-order valence-electron chi connectivity index (χ0n) is 15.8. The highest BCUT2D eigenvalue weighted by Gasteiger charge is 2.17. The maximum Gasteiger partial charge on any atom is 0.303 e. The van der Waals surface area contributed by atoms with E-state index in [1.165, 1.54) is 0 Å². The number of carboxylic acids is 1. The highest BCUT2D eigenvalue weighted by atomic mass is 35.5. The number of rotatable bonds is 9. The average Bonchev–Trinajstić information content (AvgIpc) is 2.81. The van der Waals surface area contributed by atoms with Crippen molar-refractivity contribution in [2.45, 2.75) is 39.0 Å². The minimum atomic E-state index is -0.777. The molecule has 2 atom stereocenters. The van der Waals surface area contributed by atoms with Crippen molar-refractivity contribution < 1.29 is 128 Å². The van der Waals surface area contributed by atoms with Crippen molar-refractivity contribution >= 4 is 45.9 Å². The van der Waals surface area contributed by atoms with Crippen molar-refractivity contribution in [3.8, 4) is 0 Å². The van der Waals surface area contributed by atoms with Crippen LogP contribution < -0.4 is 4.90 Å². The van der Waals surface area contributed by atoms with Gasteiger partial charge in [0.25, 0.3) is 0 Å². The highest BCUT2D eigenvalue weighted by molar-refractivity contribution is 6.20. The fourth-order valence-corrected chi connectivity index (χ4v) is 3.67. The summed E-state index contributed by atoms with van der Waals surface area (Å²) in [6.45, 7) is 7.43. The largest absolute Gasteiger partial charge is 0.481 e. The van der Waals surface area contributed by atoms with Crippen LogP contribution in [0.1, 0.15) is 150 Å². The fourth-order valence-electron chi connectivity index (χ4n) is 3.30. The van der Waals surface area contributed by atoms with Gasteiger partial charge in [-0.1, -0.05) is 6.92 Å². The van der Waals surface area contributed by atoms with Crippen LogP contribution in [0.5, 0.6) is 0 Å².